The summed E-state index contributed by atoms with van der Waals surface area (Å²) in [4.78, 5) is 39.1. The van der Waals surface area contributed by atoms with Crippen LogP contribution in [0.2, 0.25) is 0 Å². The van der Waals surface area contributed by atoms with E-state index in [0.29, 0.717) is 47.2 Å². The number of sulfonamides is 1. The first-order chi connectivity index (χ1) is 22.7. The lowest BCUT2D eigenvalue weighted by Crippen LogP contribution is -2.47. The van der Waals surface area contributed by atoms with Crippen LogP contribution in [-0.2, 0) is 28.5 Å². The first kappa shape index (κ1) is 38.1. The van der Waals surface area contributed by atoms with Gasteiger partial charge < -0.3 is 26.2 Å². The summed E-state index contributed by atoms with van der Waals surface area (Å²) in [7, 11) is -2.97. The standard InChI is InChI=1S/C31H46N6O7S4/c1-37(2)25-13-8-11-22-21(25)10-9-15-27(22)48(43,44)36-23(30(39)33-18-19-46-47(3,41)42)12-6-7-17-32-28(38)16-5-4-14-26-29-24(20-45-26)34-31(40)35-29/h8-11,13,15,23-24,26,29,36H,4-7,12,14,16-20H2,1-3H3,(H,32,38)(H,33,39)(H2,34,35,40)/t23-,24-,26-,29+/m1/s1. The van der Waals surface area contributed by atoms with E-state index in [1.807, 2.05) is 42.9 Å². The molecule has 0 unspecified atom stereocenters. The molecule has 0 aromatic heterocycles. The van der Waals surface area contributed by atoms with Crippen molar-refractivity contribution in [3.05, 3.63) is 36.4 Å². The molecule has 17 heteroatoms. The van der Waals surface area contributed by atoms with Gasteiger partial charge in [-0.3, -0.25) is 9.59 Å². The molecule has 2 aromatic carbocycles. The molecular formula is C31H46N6O7S4. The number of rotatable bonds is 19. The lowest BCUT2D eigenvalue weighted by molar-refractivity contribution is -0.123. The highest BCUT2D eigenvalue weighted by molar-refractivity contribution is 8.71. The zero-order chi connectivity index (χ0) is 34.9. The molecule has 0 spiro atoms. The highest BCUT2D eigenvalue weighted by atomic mass is 33.1. The molecule has 0 bridgehead atoms. The highest BCUT2D eigenvalue weighted by Gasteiger charge is 2.42. The van der Waals surface area contributed by atoms with Gasteiger partial charge in [0.2, 0.25) is 21.8 Å². The fraction of sp³-hybridized carbons (Fsp3) is 0.581. The van der Waals surface area contributed by atoms with Crippen molar-refractivity contribution in [2.75, 3.05) is 49.8 Å². The van der Waals surface area contributed by atoms with E-state index in [9.17, 15) is 31.2 Å². The number of unbranched alkanes of at least 4 members (excludes halogenated alkanes) is 2. The van der Waals surface area contributed by atoms with Crippen molar-refractivity contribution in [2.45, 2.75) is 73.2 Å². The summed E-state index contributed by atoms with van der Waals surface area (Å²) < 4.78 is 52.9. The van der Waals surface area contributed by atoms with Gasteiger partial charge in [0.15, 0.2) is 8.87 Å². The van der Waals surface area contributed by atoms with E-state index in [4.69, 9.17) is 0 Å². The summed E-state index contributed by atoms with van der Waals surface area (Å²) in [5, 5.41) is 13.1. The molecule has 4 atom stereocenters. The number of carbonyl (C=O) groups excluding carboxylic acids is 3. The second-order valence-corrected chi connectivity index (χ2v) is 19.8. The van der Waals surface area contributed by atoms with Crippen molar-refractivity contribution < 1.29 is 31.2 Å². The SMILES string of the molecule is CN(C)c1cccc2c(S(=O)(=O)N[C@H](CCCCNC(=O)CCCC[C@H]3SC[C@H]4NC(=O)N[C@@H]43)C(=O)NCCSS(C)(=O)=O)cccc12. The van der Waals surface area contributed by atoms with Crippen LogP contribution in [0.5, 0.6) is 0 Å². The smallest absolute Gasteiger partial charge is 0.315 e. The van der Waals surface area contributed by atoms with E-state index in [-0.39, 0.29) is 47.6 Å². The number of fused-ring (bicyclic) bond motifs is 2. The second kappa shape index (κ2) is 17.3. The average molecular weight is 743 g/mol. The molecular weight excluding hydrogens is 697 g/mol. The number of thioether (sulfide) groups is 1. The summed E-state index contributed by atoms with van der Waals surface area (Å²) >= 11 is 1.85. The van der Waals surface area contributed by atoms with Crippen molar-refractivity contribution in [1.82, 2.24) is 26.0 Å². The summed E-state index contributed by atoms with van der Waals surface area (Å²) in [5.41, 5.74) is 0.854. The molecule has 2 aromatic rings. The third-order valence-electron chi connectivity index (χ3n) is 8.27. The number of hydrogen-bond donors (Lipinski definition) is 5. The van der Waals surface area contributed by atoms with E-state index in [2.05, 4.69) is 26.0 Å². The molecule has 2 heterocycles. The first-order valence-corrected chi connectivity index (χ1v) is 22.0. The topological polar surface area (TPSA) is 183 Å². The molecule has 2 aliphatic heterocycles. The minimum Gasteiger partial charge on any atom is -0.377 e. The van der Waals surface area contributed by atoms with Gasteiger partial charge in [0.25, 0.3) is 0 Å². The maximum absolute atomic E-state index is 13.7. The minimum absolute atomic E-state index is 0.0531. The van der Waals surface area contributed by atoms with Gasteiger partial charge in [-0.1, -0.05) is 30.7 Å². The number of hydrogen-bond acceptors (Lipinski definition) is 10. The fourth-order valence-electron chi connectivity index (χ4n) is 5.94. The summed E-state index contributed by atoms with van der Waals surface area (Å²) in [6.07, 6.45) is 5.22. The number of anilines is 1. The van der Waals surface area contributed by atoms with Gasteiger partial charge in [0.05, 0.1) is 17.0 Å². The maximum Gasteiger partial charge on any atom is 0.315 e. The lowest BCUT2D eigenvalue weighted by atomic mass is 10.0. The van der Waals surface area contributed by atoms with Crippen LogP contribution in [0.3, 0.4) is 0 Å². The number of nitrogens with zero attached hydrogens (tertiary/aromatic N) is 1. The van der Waals surface area contributed by atoms with Crippen LogP contribution in [0.25, 0.3) is 10.8 Å². The van der Waals surface area contributed by atoms with Crippen molar-refractivity contribution >= 4 is 75.8 Å². The zero-order valence-electron chi connectivity index (χ0n) is 27.5. The van der Waals surface area contributed by atoms with Crippen LogP contribution in [0.1, 0.15) is 44.9 Å². The van der Waals surface area contributed by atoms with Gasteiger partial charge in [0, 0.05) is 73.1 Å². The quantitative estimate of drug-likeness (QED) is 0.0815. The number of amides is 4. The van der Waals surface area contributed by atoms with Crippen molar-refractivity contribution in [1.29, 1.82) is 0 Å². The van der Waals surface area contributed by atoms with Gasteiger partial charge in [-0.05, 0) is 55.0 Å². The van der Waals surface area contributed by atoms with Gasteiger partial charge in [-0.15, -0.1) is 0 Å². The van der Waals surface area contributed by atoms with E-state index in [1.54, 1.807) is 18.2 Å². The van der Waals surface area contributed by atoms with Crippen molar-refractivity contribution in [2.24, 2.45) is 0 Å². The Balaban J connectivity index is 1.28. The minimum atomic E-state index is -4.14. The van der Waals surface area contributed by atoms with Crippen LogP contribution in [0.15, 0.2) is 41.3 Å². The third kappa shape index (κ3) is 10.9. The summed E-state index contributed by atoms with van der Waals surface area (Å²) in [5.74, 6) is 0.419. The lowest BCUT2D eigenvalue weighted by Gasteiger charge is -2.20. The van der Waals surface area contributed by atoms with Gasteiger partial charge in [-0.25, -0.2) is 21.6 Å². The molecule has 13 nitrogen and oxygen atoms in total. The van der Waals surface area contributed by atoms with Crippen LogP contribution < -0.4 is 30.9 Å². The van der Waals surface area contributed by atoms with Crippen LogP contribution in [0.4, 0.5) is 10.5 Å². The average Bonchev–Trinajstić information content (AvgIpc) is 3.58. The fourth-order valence-corrected chi connectivity index (χ4v) is 10.6. The summed E-state index contributed by atoms with van der Waals surface area (Å²) in [6.45, 7) is 0.443. The van der Waals surface area contributed by atoms with E-state index < -0.39 is 30.8 Å². The number of urea groups is 1. The third-order valence-corrected chi connectivity index (χ3v) is 13.9. The van der Waals surface area contributed by atoms with Crippen molar-refractivity contribution in [3.8, 4) is 0 Å². The predicted octanol–water partition coefficient (Wildman–Crippen LogP) is 2.37. The molecule has 4 amide bonds. The molecule has 2 aliphatic rings. The van der Waals surface area contributed by atoms with Gasteiger partial charge >= 0.3 is 6.03 Å². The second-order valence-electron chi connectivity index (χ2n) is 12.2. The molecule has 4 rings (SSSR count). The van der Waals surface area contributed by atoms with E-state index in [0.717, 1.165) is 42.3 Å². The highest BCUT2D eigenvalue weighted by Crippen LogP contribution is 2.33. The number of benzene rings is 2. The Morgan fingerprint density at radius 2 is 1.73 bits per heavy atom. The Morgan fingerprint density at radius 1 is 0.979 bits per heavy atom. The van der Waals surface area contributed by atoms with E-state index >= 15 is 0 Å². The molecule has 2 fully saturated rings. The normalized spacial score (nSPS) is 19.7. The van der Waals surface area contributed by atoms with E-state index in [1.165, 1.54) is 6.07 Å². The Kier molecular flexibility index (Phi) is 13.7. The Morgan fingerprint density at radius 3 is 2.48 bits per heavy atom. The molecule has 0 radical (unpaired) electrons. The number of carbonyl (C=O) groups is 3. The first-order valence-electron chi connectivity index (χ1n) is 16.0. The van der Waals surface area contributed by atoms with Gasteiger partial charge in [-0.2, -0.15) is 16.5 Å². The maximum atomic E-state index is 13.7. The molecule has 48 heavy (non-hydrogen) atoms. The largest absolute Gasteiger partial charge is 0.377 e. The van der Waals surface area contributed by atoms with Crippen LogP contribution >= 0.6 is 22.6 Å². The Hall–Kier alpha value is -2.73. The molecule has 0 aliphatic carbocycles. The molecule has 2 saturated heterocycles. The van der Waals surface area contributed by atoms with Crippen LogP contribution in [-0.4, -0.2) is 103 Å². The zero-order valence-corrected chi connectivity index (χ0v) is 30.8. The van der Waals surface area contributed by atoms with Crippen molar-refractivity contribution in [3.63, 3.8) is 0 Å². The Labute approximate surface area is 291 Å². The summed E-state index contributed by atoms with van der Waals surface area (Å²) in [6, 6.07) is 9.56. The van der Waals surface area contributed by atoms with Gasteiger partial charge in [0.1, 0.15) is 6.04 Å². The van der Waals surface area contributed by atoms with Crippen LogP contribution in [0, 0.1) is 0 Å². The molecule has 5 N–H and O–H groups in total. The number of nitrogens with one attached hydrogen (secondary N) is 5. The Bertz CT molecular complexity index is 1670. The monoisotopic (exact) mass is 742 g/mol. The molecule has 0 saturated carbocycles. The molecule has 266 valence electrons. The predicted molar refractivity (Wildman–Crippen MR) is 194 cm³/mol.